The number of hydrogen-bond donors (Lipinski definition) is 0. The van der Waals surface area contributed by atoms with Crippen LogP contribution in [0.25, 0.3) is 0 Å². The molecule has 1 heterocycles. The van der Waals surface area contributed by atoms with Crippen molar-refractivity contribution >= 4 is 34.8 Å². The van der Waals surface area contributed by atoms with E-state index in [0.29, 0.717) is 40.2 Å². The minimum Gasteiger partial charge on any atom is -0.490 e. The third kappa shape index (κ3) is 2.35. The molecule has 1 aliphatic rings. The van der Waals surface area contributed by atoms with Crippen LogP contribution < -0.4 is 9.64 Å². The molecule has 0 spiro atoms. The number of carbonyl (C=O) groups excluding carboxylic acids is 1. The number of anilines is 1. The smallest absolute Gasteiger partial charge is 0.260 e. The van der Waals surface area contributed by atoms with Crippen molar-refractivity contribution < 1.29 is 9.53 Å². The van der Waals surface area contributed by atoms with Crippen LogP contribution in [0.3, 0.4) is 0 Å². The molecule has 0 saturated carbocycles. The van der Waals surface area contributed by atoms with Crippen LogP contribution in [0, 0.1) is 0 Å². The number of carbonyl (C=O) groups is 1. The van der Waals surface area contributed by atoms with Gasteiger partial charge in [-0.15, -0.1) is 0 Å². The predicted molar refractivity (Wildman–Crippen MR) is 80.1 cm³/mol. The molecule has 0 fully saturated rings. The summed E-state index contributed by atoms with van der Waals surface area (Å²) >= 11 is 12.1. The van der Waals surface area contributed by atoms with Crippen LogP contribution in [0.2, 0.25) is 10.0 Å². The molecule has 0 aromatic heterocycles. The third-order valence-corrected chi connectivity index (χ3v) is 3.70. The van der Waals surface area contributed by atoms with Crippen LogP contribution in [-0.2, 0) is 0 Å². The van der Waals surface area contributed by atoms with Crippen LogP contribution in [0.5, 0.6) is 5.75 Å². The molecule has 1 amide bonds. The normalized spacial score (nSPS) is 13.6. The van der Waals surface area contributed by atoms with E-state index in [-0.39, 0.29) is 5.91 Å². The maximum Gasteiger partial charge on any atom is 0.260 e. The fourth-order valence-electron chi connectivity index (χ4n) is 2.18. The number of nitrogens with zero attached hydrogens (tertiary/aromatic N) is 1. The van der Waals surface area contributed by atoms with Crippen LogP contribution in [0.15, 0.2) is 42.5 Å². The van der Waals surface area contributed by atoms with E-state index in [4.69, 9.17) is 27.9 Å². The Hall–Kier alpha value is -1.71. The highest BCUT2D eigenvalue weighted by Crippen LogP contribution is 2.35. The number of benzene rings is 2. The van der Waals surface area contributed by atoms with Crippen molar-refractivity contribution in [2.75, 3.05) is 18.1 Å². The zero-order valence-electron chi connectivity index (χ0n) is 10.5. The van der Waals surface area contributed by atoms with Crippen molar-refractivity contribution in [2.24, 2.45) is 0 Å². The minimum absolute atomic E-state index is 0.151. The van der Waals surface area contributed by atoms with Crippen molar-refractivity contribution in [1.29, 1.82) is 0 Å². The lowest BCUT2D eigenvalue weighted by atomic mass is 10.1. The lowest BCUT2D eigenvalue weighted by molar-refractivity contribution is 0.0977. The highest BCUT2D eigenvalue weighted by Gasteiger charge is 2.26. The summed E-state index contributed by atoms with van der Waals surface area (Å²) in [6.45, 7) is 0.919. The second-order valence-electron chi connectivity index (χ2n) is 4.40. The number of ether oxygens (including phenoxy) is 1. The van der Waals surface area contributed by atoms with Crippen molar-refractivity contribution in [3.05, 3.63) is 58.1 Å². The Morgan fingerprint density at radius 3 is 2.75 bits per heavy atom. The molecule has 2 aromatic rings. The Balaban J connectivity index is 2.03. The second kappa shape index (κ2) is 5.35. The standard InChI is InChI=1S/C15H11Cl2NO2/c16-10-5-6-14-13(9-10)18(7-8-20-14)15(19)11-3-1-2-4-12(11)17/h1-6,9H,7-8H2. The molecule has 1 aliphatic heterocycles. The summed E-state index contributed by atoms with van der Waals surface area (Å²) in [4.78, 5) is 14.3. The third-order valence-electron chi connectivity index (χ3n) is 3.13. The topological polar surface area (TPSA) is 29.5 Å². The molecular weight excluding hydrogens is 297 g/mol. The molecule has 0 atom stereocenters. The first-order valence-corrected chi connectivity index (χ1v) is 6.91. The Kier molecular flexibility index (Phi) is 3.55. The van der Waals surface area contributed by atoms with Crippen LogP contribution in [0.4, 0.5) is 5.69 Å². The molecule has 3 rings (SSSR count). The van der Waals surface area contributed by atoms with Crippen LogP contribution in [-0.4, -0.2) is 19.1 Å². The second-order valence-corrected chi connectivity index (χ2v) is 5.24. The van der Waals surface area contributed by atoms with Crippen molar-refractivity contribution in [1.82, 2.24) is 0 Å². The average molecular weight is 308 g/mol. The average Bonchev–Trinajstić information content (AvgIpc) is 2.46. The Morgan fingerprint density at radius 2 is 1.95 bits per heavy atom. The zero-order valence-corrected chi connectivity index (χ0v) is 12.0. The van der Waals surface area contributed by atoms with E-state index in [1.165, 1.54) is 0 Å². The van der Waals surface area contributed by atoms with Gasteiger partial charge in [-0.3, -0.25) is 4.79 Å². The van der Waals surface area contributed by atoms with Crippen molar-refractivity contribution in [3.63, 3.8) is 0 Å². The zero-order chi connectivity index (χ0) is 14.1. The van der Waals surface area contributed by atoms with Gasteiger partial charge >= 0.3 is 0 Å². The van der Waals surface area contributed by atoms with E-state index < -0.39 is 0 Å². The maximum absolute atomic E-state index is 12.6. The molecule has 0 saturated heterocycles. The number of halogens is 2. The van der Waals surface area contributed by atoms with Gasteiger partial charge in [0, 0.05) is 5.02 Å². The first-order chi connectivity index (χ1) is 9.66. The fourth-order valence-corrected chi connectivity index (χ4v) is 2.56. The first kappa shape index (κ1) is 13.3. The van der Waals surface area contributed by atoms with Gasteiger partial charge in [-0.1, -0.05) is 35.3 Å². The lowest BCUT2D eigenvalue weighted by Crippen LogP contribution is -2.38. The maximum atomic E-state index is 12.6. The number of hydrogen-bond acceptors (Lipinski definition) is 2. The largest absolute Gasteiger partial charge is 0.490 e. The van der Waals surface area contributed by atoms with Gasteiger partial charge in [-0.25, -0.2) is 0 Å². The van der Waals surface area contributed by atoms with E-state index in [1.807, 2.05) is 0 Å². The van der Waals surface area contributed by atoms with Gasteiger partial charge in [-0.05, 0) is 30.3 Å². The highest BCUT2D eigenvalue weighted by atomic mass is 35.5. The molecule has 2 aromatic carbocycles. The van der Waals surface area contributed by atoms with Gasteiger partial charge in [0.25, 0.3) is 5.91 Å². The van der Waals surface area contributed by atoms with Gasteiger partial charge < -0.3 is 9.64 Å². The Labute approximate surface area is 126 Å². The quantitative estimate of drug-likeness (QED) is 0.796. The number of fused-ring (bicyclic) bond motifs is 1. The van der Waals surface area contributed by atoms with Gasteiger partial charge in [0.1, 0.15) is 12.4 Å². The molecule has 0 aliphatic carbocycles. The summed E-state index contributed by atoms with van der Waals surface area (Å²) in [6, 6.07) is 12.2. The van der Waals surface area contributed by atoms with Crippen molar-refractivity contribution in [3.8, 4) is 5.75 Å². The summed E-state index contributed by atoms with van der Waals surface area (Å²) in [6.07, 6.45) is 0. The molecule has 0 bridgehead atoms. The molecule has 5 heteroatoms. The summed E-state index contributed by atoms with van der Waals surface area (Å²) < 4.78 is 5.54. The fraction of sp³-hybridized carbons (Fsp3) is 0.133. The van der Waals surface area contributed by atoms with Gasteiger partial charge in [0.2, 0.25) is 0 Å². The molecule has 20 heavy (non-hydrogen) atoms. The van der Waals surface area contributed by atoms with Crippen LogP contribution >= 0.6 is 23.2 Å². The first-order valence-electron chi connectivity index (χ1n) is 6.15. The lowest BCUT2D eigenvalue weighted by Gasteiger charge is -2.30. The molecule has 3 nitrogen and oxygen atoms in total. The molecule has 102 valence electrons. The molecule has 0 N–H and O–H groups in total. The summed E-state index contributed by atoms with van der Waals surface area (Å²) in [5, 5.41) is 0.999. The van der Waals surface area contributed by atoms with Crippen LogP contribution in [0.1, 0.15) is 10.4 Å². The number of rotatable bonds is 1. The van der Waals surface area contributed by atoms with Crippen molar-refractivity contribution in [2.45, 2.75) is 0 Å². The van der Waals surface area contributed by atoms with E-state index in [9.17, 15) is 4.79 Å². The monoisotopic (exact) mass is 307 g/mol. The molecular formula is C15H11Cl2NO2. The predicted octanol–water partition coefficient (Wildman–Crippen LogP) is 4.03. The summed E-state index contributed by atoms with van der Waals surface area (Å²) in [7, 11) is 0. The van der Waals surface area contributed by atoms with Gasteiger partial charge in [0.15, 0.2) is 0 Å². The summed E-state index contributed by atoms with van der Waals surface area (Å²) in [5.41, 5.74) is 1.15. The van der Waals surface area contributed by atoms with Gasteiger partial charge in [0.05, 0.1) is 22.8 Å². The van der Waals surface area contributed by atoms with E-state index >= 15 is 0 Å². The minimum atomic E-state index is -0.151. The Morgan fingerprint density at radius 1 is 1.15 bits per heavy atom. The highest BCUT2D eigenvalue weighted by molar-refractivity contribution is 6.34. The summed E-state index contributed by atoms with van der Waals surface area (Å²) in [5.74, 6) is 0.503. The van der Waals surface area contributed by atoms with E-state index in [2.05, 4.69) is 0 Å². The Bertz CT molecular complexity index is 673. The van der Waals surface area contributed by atoms with Gasteiger partial charge in [-0.2, -0.15) is 0 Å². The molecule has 0 radical (unpaired) electrons. The number of amides is 1. The van der Waals surface area contributed by atoms with E-state index in [0.717, 1.165) is 0 Å². The molecule has 0 unspecified atom stereocenters. The SMILES string of the molecule is O=C(c1ccccc1Cl)N1CCOc2ccc(Cl)cc21. The van der Waals surface area contributed by atoms with E-state index in [1.54, 1.807) is 47.4 Å².